The third-order valence-corrected chi connectivity index (χ3v) is 3.94. The van der Waals surface area contributed by atoms with Gasteiger partial charge in [-0.2, -0.15) is 0 Å². The Bertz CT molecular complexity index is 673. The first kappa shape index (κ1) is 14.4. The van der Waals surface area contributed by atoms with E-state index in [2.05, 4.69) is 21.9 Å². The number of nitrogens with two attached hydrogens (primary N) is 1. The van der Waals surface area contributed by atoms with Gasteiger partial charge in [0.2, 0.25) is 5.91 Å². The molecule has 2 N–H and O–H groups in total. The number of aryl methyl sites for hydroxylation is 1. The smallest absolute Gasteiger partial charge is 0.240 e. The Kier molecular flexibility index (Phi) is 4.00. The number of nitrogens with zero attached hydrogens (tertiary/aromatic N) is 4. The van der Waals surface area contributed by atoms with Crippen molar-refractivity contribution < 1.29 is 4.79 Å². The monoisotopic (exact) mass is 297 g/mol. The van der Waals surface area contributed by atoms with E-state index in [-0.39, 0.29) is 11.9 Å². The molecule has 0 saturated carbocycles. The Labute approximate surface area is 129 Å². The minimum Gasteiger partial charge on any atom is -0.368 e. The Morgan fingerprint density at radius 3 is 2.82 bits per heavy atom. The second-order valence-electron chi connectivity index (χ2n) is 5.38. The Balaban J connectivity index is 2.03. The van der Waals surface area contributed by atoms with Crippen LogP contribution in [0, 0.1) is 0 Å². The summed E-state index contributed by atoms with van der Waals surface area (Å²) in [4.78, 5) is 26.9. The molecular weight excluding hydrogens is 278 g/mol. The molecule has 2 aromatic rings. The molecule has 2 aromatic heterocycles. The number of aromatic nitrogens is 3. The molecule has 114 valence electrons. The number of rotatable bonds is 4. The van der Waals surface area contributed by atoms with Crippen LogP contribution in [0.5, 0.6) is 0 Å². The van der Waals surface area contributed by atoms with Crippen molar-refractivity contribution in [3.63, 3.8) is 0 Å². The second kappa shape index (κ2) is 6.09. The lowest BCUT2D eigenvalue weighted by molar-refractivity contribution is -0.119. The van der Waals surface area contributed by atoms with Crippen LogP contribution in [0.4, 0.5) is 5.82 Å². The molecule has 1 fully saturated rings. The fourth-order valence-electron chi connectivity index (χ4n) is 2.78. The van der Waals surface area contributed by atoms with E-state index in [1.807, 2.05) is 23.1 Å². The zero-order chi connectivity index (χ0) is 15.5. The Morgan fingerprint density at radius 2 is 2.14 bits per heavy atom. The van der Waals surface area contributed by atoms with Crippen LogP contribution in [0.25, 0.3) is 11.4 Å². The molecule has 0 aromatic carbocycles. The summed E-state index contributed by atoms with van der Waals surface area (Å²) in [6.07, 6.45) is 5.98. The molecule has 3 rings (SSSR count). The fraction of sp³-hybridized carbons (Fsp3) is 0.375. The van der Waals surface area contributed by atoms with E-state index >= 15 is 0 Å². The maximum Gasteiger partial charge on any atom is 0.240 e. The molecule has 1 aliphatic rings. The maximum atomic E-state index is 11.6. The highest BCUT2D eigenvalue weighted by Crippen LogP contribution is 2.26. The van der Waals surface area contributed by atoms with E-state index < -0.39 is 0 Å². The average molecular weight is 297 g/mol. The SMILES string of the molecule is CCc1cc(N2CCCC2C(N)=O)nc(-c2ccncc2)n1. The van der Waals surface area contributed by atoms with Gasteiger partial charge in [-0.05, 0) is 31.4 Å². The van der Waals surface area contributed by atoms with Crippen LogP contribution in [0.1, 0.15) is 25.5 Å². The van der Waals surface area contributed by atoms with Crippen LogP contribution in [-0.4, -0.2) is 33.4 Å². The number of primary amides is 1. The van der Waals surface area contributed by atoms with Gasteiger partial charge in [-0.1, -0.05) is 6.92 Å². The molecule has 6 heteroatoms. The standard InChI is InChI=1S/C16H19N5O/c1-2-12-10-14(21-9-3-4-13(21)15(17)22)20-16(19-12)11-5-7-18-8-6-11/h5-8,10,13H,2-4,9H2,1H3,(H2,17,22). The van der Waals surface area contributed by atoms with E-state index in [9.17, 15) is 4.79 Å². The number of anilines is 1. The molecule has 0 bridgehead atoms. The number of hydrogen-bond donors (Lipinski definition) is 1. The number of amides is 1. The van der Waals surface area contributed by atoms with Crippen molar-refractivity contribution in [3.8, 4) is 11.4 Å². The molecule has 1 aliphatic heterocycles. The zero-order valence-corrected chi connectivity index (χ0v) is 12.6. The minimum atomic E-state index is -0.292. The molecule has 6 nitrogen and oxygen atoms in total. The maximum absolute atomic E-state index is 11.6. The summed E-state index contributed by atoms with van der Waals surface area (Å²) in [5.41, 5.74) is 7.38. The van der Waals surface area contributed by atoms with Gasteiger partial charge >= 0.3 is 0 Å². The summed E-state index contributed by atoms with van der Waals surface area (Å²) in [6, 6.07) is 5.44. The van der Waals surface area contributed by atoms with Crippen LogP contribution in [-0.2, 0) is 11.2 Å². The lowest BCUT2D eigenvalue weighted by atomic mass is 10.2. The van der Waals surface area contributed by atoms with Gasteiger partial charge in [0.05, 0.1) is 0 Å². The molecule has 0 spiro atoms. The van der Waals surface area contributed by atoms with Crippen molar-refractivity contribution in [2.45, 2.75) is 32.2 Å². The van der Waals surface area contributed by atoms with E-state index in [4.69, 9.17) is 5.73 Å². The van der Waals surface area contributed by atoms with Crippen molar-refractivity contribution in [3.05, 3.63) is 36.3 Å². The van der Waals surface area contributed by atoms with E-state index in [1.165, 1.54) is 0 Å². The van der Waals surface area contributed by atoms with Gasteiger partial charge in [0, 0.05) is 36.3 Å². The van der Waals surface area contributed by atoms with Crippen LogP contribution in [0.3, 0.4) is 0 Å². The van der Waals surface area contributed by atoms with Crippen LogP contribution >= 0.6 is 0 Å². The minimum absolute atomic E-state index is 0.273. The lowest BCUT2D eigenvalue weighted by Gasteiger charge is -2.24. The van der Waals surface area contributed by atoms with Gasteiger partial charge < -0.3 is 10.6 Å². The second-order valence-corrected chi connectivity index (χ2v) is 5.38. The number of carbonyl (C=O) groups is 1. The first-order chi connectivity index (χ1) is 10.7. The molecule has 1 unspecified atom stereocenters. The summed E-state index contributed by atoms with van der Waals surface area (Å²) >= 11 is 0. The first-order valence-electron chi connectivity index (χ1n) is 7.53. The quantitative estimate of drug-likeness (QED) is 0.925. The molecule has 3 heterocycles. The number of pyridine rings is 1. The lowest BCUT2D eigenvalue weighted by Crippen LogP contribution is -2.40. The van der Waals surface area contributed by atoms with Gasteiger partial charge in [-0.3, -0.25) is 9.78 Å². The average Bonchev–Trinajstić information content (AvgIpc) is 3.05. The van der Waals surface area contributed by atoms with Gasteiger partial charge in [0.1, 0.15) is 11.9 Å². The van der Waals surface area contributed by atoms with Gasteiger partial charge in [-0.25, -0.2) is 9.97 Å². The summed E-state index contributed by atoms with van der Waals surface area (Å²) in [5, 5.41) is 0. The molecule has 0 radical (unpaired) electrons. The van der Waals surface area contributed by atoms with E-state index in [1.54, 1.807) is 12.4 Å². The Hall–Kier alpha value is -2.50. The third kappa shape index (κ3) is 2.77. The first-order valence-corrected chi connectivity index (χ1v) is 7.53. The zero-order valence-electron chi connectivity index (χ0n) is 12.6. The molecule has 1 saturated heterocycles. The van der Waals surface area contributed by atoms with Crippen LogP contribution in [0.2, 0.25) is 0 Å². The van der Waals surface area contributed by atoms with E-state index in [0.717, 1.165) is 42.9 Å². The summed E-state index contributed by atoms with van der Waals surface area (Å²) in [5.74, 6) is 1.14. The van der Waals surface area contributed by atoms with Gasteiger partial charge in [0.25, 0.3) is 0 Å². The fourth-order valence-corrected chi connectivity index (χ4v) is 2.78. The summed E-state index contributed by atoms with van der Waals surface area (Å²) in [6.45, 7) is 2.85. The predicted molar refractivity (Wildman–Crippen MR) is 84.2 cm³/mol. The normalized spacial score (nSPS) is 17.7. The van der Waals surface area contributed by atoms with E-state index in [0.29, 0.717) is 5.82 Å². The largest absolute Gasteiger partial charge is 0.368 e. The third-order valence-electron chi connectivity index (χ3n) is 3.94. The molecule has 0 aliphatic carbocycles. The number of carbonyl (C=O) groups excluding carboxylic acids is 1. The van der Waals surface area contributed by atoms with Crippen molar-refractivity contribution >= 4 is 11.7 Å². The van der Waals surface area contributed by atoms with Gasteiger partial charge in [-0.15, -0.1) is 0 Å². The van der Waals surface area contributed by atoms with Crippen LogP contribution in [0.15, 0.2) is 30.6 Å². The molecular formula is C16H19N5O. The highest BCUT2D eigenvalue weighted by Gasteiger charge is 2.30. The van der Waals surface area contributed by atoms with Crippen molar-refractivity contribution in [2.75, 3.05) is 11.4 Å². The topological polar surface area (TPSA) is 85.0 Å². The van der Waals surface area contributed by atoms with Gasteiger partial charge in [0.15, 0.2) is 5.82 Å². The molecule has 22 heavy (non-hydrogen) atoms. The summed E-state index contributed by atoms with van der Waals surface area (Å²) < 4.78 is 0. The van der Waals surface area contributed by atoms with Crippen molar-refractivity contribution in [1.29, 1.82) is 0 Å². The van der Waals surface area contributed by atoms with Crippen molar-refractivity contribution in [1.82, 2.24) is 15.0 Å². The number of hydrogen-bond acceptors (Lipinski definition) is 5. The predicted octanol–water partition coefficient (Wildman–Crippen LogP) is 1.56. The van der Waals surface area contributed by atoms with Crippen molar-refractivity contribution in [2.24, 2.45) is 5.73 Å². The molecule has 1 amide bonds. The molecule has 1 atom stereocenters. The highest BCUT2D eigenvalue weighted by atomic mass is 16.1. The summed E-state index contributed by atoms with van der Waals surface area (Å²) in [7, 11) is 0. The Morgan fingerprint density at radius 1 is 1.36 bits per heavy atom. The highest BCUT2D eigenvalue weighted by molar-refractivity contribution is 5.84. The van der Waals surface area contributed by atoms with Crippen LogP contribution < -0.4 is 10.6 Å².